The molecule has 0 N–H and O–H groups in total. The van der Waals surface area contributed by atoms with Crippen molar-refractivity contribution in [1.82, 2.24) is 15.0 Å². The number of hydrogen-bond acceptors (Lipinski definition) is 6. The molecule has 1 aliphatic rings. The van der Waals surface area contributed by atoms with E-state index in [1.165, 1.54) is 5.56 Å². The van der Waals surface area contributed by atoms with Gasteiger partial charge in [-0.1, -0.05) is 29.4 Å². The zero-order valence-corrected chi connectivity index (χ0v) is 13.8. The first-order chi connectivity index (χ1) is 10.6. The number of rotatable bonds is 4. The van der Waals surface area contributed by atoms with E-state index in [2.05, 4.69) is 41.3 Å². The predicted molar refractivity (Wildman–Crippen MR) is 88.1 cm³/mol. The lowest BCUT2D eigenvalue weighted by Crippen LogP contribution is -2.10. The second-order valence-electron chi connectivity index (χ2n) is 5.44. The molecule has 2 heterocycles. The molecule has 0 aliphatic carbocycles. The molecular formula is C16H19N3O2S. The SMILES string of the molecule is CC1=C(c2nc(-c3ccc(CN(C)C)cc3)no2)SCCO1. The van der Waals surface area contributed by atoms with E-state index < -0.39 is 0 Å². The van der Waals surface area contributed by atoms with Gasteiger partial charge in [0.2, 0.25) is 5.82 Å². The van der Waals surface area contributed by atoms with Crippen LogP contribution >= 0.6 is 11.8 Å². The molecule has 0 saturated carbocycles. The number of nitrogens with zero attached hydrogens (tertiary/aromatic N) is 3. The van der Waals surface area contributed by atoms with Crippen LogP contribution in [0.4, 0.5) is 0 Å². The largest absolute Gasteiger partial charge is 0.496 e. The van der Waals surface area contributed by atoms with Gasteiger partial charge in [-0.3, -0.25) is 0 Å². The molecule has 0 fully saturated rings. The molecular weight excluding hydrogens is 298 g/mol. The molecule has 0 bridgehead atoms. The maximum Gasteiger partial charge on any atom is 0.268 e. The molecule has 1 aromatic carbocycles. The zero-order valence-electron chi connectivity index (χ0n) is 13.0. The normalized spacial score (nSPS) is 15.3. The van der Waals surface area contributed by atoms with Gasteiger partial charge in [-0.15, -0.1) is 11.8 Å². The summed E-state index contributed by atoms with van der Waals surface area (Å²) in [5, 5.41) is 4.09. The first kappa shape index (κ1) is 15.1. The average molecular weight is 317 g/mol. The third-order valence-electron chi connectivity index (χ3n) is 3.30. The summed E-state index contributed by atoms with van der Waals surface area (Å²) in [6.45, 7) is 3.58. The molecule has 0 spiro atoms. The van der Waals surface area contributed by atoms with Crippen LogP contribution in [0.5, 0.6) is 0 Å². The highest BCUT2D eigenvalue weighted by atomic mass is 32.2. The van der Waals surface area contributed by atoms with E-state index in [0.717, 1.165) is 35.1 Å². The van der Waals surface area contributed by atoms with Crippen molar-refractivity contribution in [2.75, 3.05) is 26.5 Å². The number of benzene rings is 1. The number of aromatic nitrogens is 2. The fourth-order valence-electron chi connectivity index (χ4n) is 2.28. The van der Waals surface area contributed by atoms with E-state index >= 15 is 0 Å². The van der Waals surface area contributed by atoms with Crippen molar-refractivity contribution in [3.63, 3.8) is 0 Å². The van der Waals surface area contributed by atoms with Gasteiger partial charge in [0.05, 0.1) is 6.61 Å². The van der Waals surface area contributed by atoms with Crippen molar-refractivity contribution in [1.29, 1.82) is 0 Å². The van der Waals surface area contributed by atoms with Crippen LogP contribution in [0.3, 0.4) is 0 Å². The molecule has 22 heavy (non-hydrogen) atoms. The first-order valence-corrected chi connectivity index (χ1v) is 8.16. The summed E-state index contributed by atoms with van der Waals surface area (Å²) in [4.78, 5) is 7.57. The Morgan fingerprint density at radius 2 is 2.00 bits per heavy atom. The van der Waals surface area contributed by atoms with Crippen LogP contribution in [0.2, 0.25) is 0 Å². The van der Waals surface area contributed by atoms with E-state index in [-0.39, 0.29) is 0 Å². The Hall–Kier alpha value is -1.79. The lowest BCUT2D eigenvalue weighted by atomic mass is 10.1. The molecule has 0 saturated heterocycles. The highest BCUT2D eigenvalue weighted by molar-refractivity contribution is 8.08. The second kappa shape index (κ2) is 6.54. The Morgan fingerprint density at radius 3 is 2.68 bits per heavy atom. The van der Waals surface area contributed by atoms with Crippen LogP contribution in [0.15, 0.2) is 34.5 Å². The standard InChI is InChI=1S/C16H19N3O2S/c1-11-14(22-9-8-20-11)16-17-15(18-21-16)13-6-4-12(5-7-13)10-19(2)3/h4-7H,8-10H2,1-3H3. The Morgan fingerprint density at radius 1 is 1.23 bits per heavy atom. The molecule has 0 radical (unpaired) electrons. The van der Waals surface area contributed by atoms with Gasteiger partial charge >= 0.3 is 0 Å². The molecule has 0 amide bonds. The molecule has 3 rings (SSSR count). The summed E-state index contributed by atoms with van der Waals surface area (Å²) in [7, 11) is 4.11. The lowest BCUT2D eigenvalue weighted by molar-refractivity contribution is 0.233. The fraction of sp³-hybridized carbons (Fsp3) is 0.375. The number of allylic oxidation sites excluding steroid dienone is 1. The molecule has 116 valence electrons. The van der Waals surface area contributed by atoms with E-state index in [4.69, 9.17) is 9.26 Å². The molecule has 0 unspecified atom stereocenters. The highest BCUT2D eigenvalue weighted by Crippen LogP contribution is 2.34. The quantitative estimate of drug-likeness (QED) is 0.863. The zero-order chi connectivity index (χ0) is 15.5. The third kappa shape index (κ3) is 3.34. The molecule has 1 aromatic heterocycles. The van der Waals surface area contributed by atoms with Crippen molar-refractivity contribution in [2.45, 2.75) is 13.5 Å². The van der Waals surface area contributed by atoms with Crippen LogP contribution in [-0.2, 0) is 11.3 Å². The minimum Gasteiger partial charge on any atom is -0.496 e. The molecule has 0 atom stereocenters. The van der Waals surface area contributed by atoms with Gasteiger partial charge in [0.25, 0.3) is 5.89 Å². The van der Waals surface area contributed by atoms with E-state index in [9.17, 15) is 0 Å². The van der Waals surface area contributed by atoms with Gasteiger partial charge in [0.1, 0.15) is 10.7 Å². The molecule has 6 heteroatoms. The van der Waals surface area contributed by atoms with Gasteiger partial charge in [-0.2, -0.15) is 4.98 Å². The van der Waals surface area contributed by atoms with Gasteiger partial charge in [-0.05, 0) is 26.6 Å². The molecule has 1 aliphatic heterocycles. The van der Waals surface area contributed by atoms with Crippen molar-refractivity contribution >= 4 is 16.7 Å². The third-order valence-corrected chi connectivity index (χ3v) is 4.42. The Bertz CT molecular complexity index is 677. The summed E-state index contributed by atoms with van der Waals surface area (Å²) in [6.07, 6.45) is 0. The maximum absolute atomic E-state index is 5.54. The number of hydrogen-bond donors (Lipinski definition) is 0. The van der Waals surface area contributed by atoms with Crippen LogP contribution in [0.1, 0.15) is 18.4 Å². The van der Waals surface area contributed by atoms with Crippen molar-refractivity contribution in [3.8, 4) is 11.4 Å². The minimum atomic E-state index is 0.537. The van der Waals surface area contributed by atoms with Gasteiger partial charge in [0.15, 0.2) is 0 Å². The van der Waals surface area contributed by atoms with E-state index in [1.807, 2.05) is 19.1 Å². The first-order valence-electron chi connectivity index (χ1n) is 7.18. The Kier molecular flexibility index (Phi) is 4.49. The topological polar surface area (TPSA) is 51.4 Å². The van der Waals surface area contributed by atoms with Crippen LogP contribution in [0, 0.1) is 0 Å². The van der Waals surface area contributed by atoms with Crippen LogP contribution in [0.25, 0.3) is 16.3 Å². The summed E-state index contributed by atoms with van der Waals surface area (Å²) in [6, 6.07) is 8.24. The van der Waals surface area contributed by atoms with Crippen LogP contribution < -0.4 is 0 Å². The number of thioether (sulfide) groups is 1. The number of ether oxygens (including phenoxy) is 1. The van der Waals surface area contributed by atoms with E-state index in [1.54, 1.807) is 11.8 Å². The van der Waals surface area contributed by atoms with E-state index in [0.29, 0.717) is 11.7 Å². The second-order valence-corrected chi connectivity index (χ2v) is 6.55. The highest BCUT2D eigenvalue weighted by Gasteiger charge is 2.19. The lowest BCUT2D eigenvalue weighted by Gasteiger charge is -2.15. The van der Waals surface area contributed by atoms with Crippen molar-refractivity contribution < 1.29 is 9.26 Å². The molecule has 2 aromatic rings. The Labute approximate surface area is 134 Å². The summed E-state index contributed by atoms with van der Waals surface area (Å²) >= 11 is 1.70. The van der Waals surface area contributed by atoms with Gasteiger partial charge in [0, 0.05) is 17.9 Å². The summed E-state index contributed by atoms with van der Waals surface area (Å²) in [5.74, 6) is 2.91. The Balaban J connectivity index is 1.81. The average Bonchev–Trinajstić information content (AvgIpc) is 2.97. The smallest absolute Gasteiger partial charge is 0.268 e. The van der Waals surface area contributed by atoms with Crippen LogP contribution in [-0.4, -0.2) is 41.5 Å². The van der Waals surface area contributed by atoms with Crippen molar-refractivity contribution in [2.24, 2.45) is 0 Å². The molecule has 5 nitrogen and oxygen atoms in total. The monoisotopic (exact) mass is 317 g/mol. The van der Waals surface area contributed by atoms with Gasteiger partial charge < -0.3 is 14.2 Å². The van der Waals surface area contributed by atoms with Crippen molar-refractivity contribution in [3.05, 3.63) is 41.5 Å². The summed E-state index contributed by atoms with van der Waals surface area (Å²) < 4.78 is 10.9. The maximum atomic E-state index is 5.54. The predicted octanol–water partition coefficient (Wildman–Crippen LogP) is 3.25. The summed E-state index contributed by atoms with van der Waals surface area (Å²) in [5.41, 5.74) is 2.21. The van der Waals surface area contributed by atoms with Gasteiger partial charge in [-0.25, -0.2) is 0 Å². The fourth-order valence-corrected chi connectivity index (χ4v) is 3.11. The minimum absolute atomic E-state index is 0.537.